The molecule has 0 unspecified atom stereocenters. The number of hydrogen-bond acceptors (Lipinski definition) is 5. The average molecular weight is 475 g/mol. The first-order valence-corrected chi connectivity index (χ1v) is 11.6. The van der Waals surface area contributed by atoms with Crippen LogP contribution in [-0.4, -0.2) is 33.8 Å². The molecular weight excluding hydrogens is 440 g/mol. The molecule has 0 aliphatic rings. The summed E-state index contributed by atoms with van der Waals surface area (Å²) in [5.41, 5.74) is 5.65. The van der Waals surface area contributed by atoms with E-state index >= 15 is 0 Å². The first-order chi connectivity index (χ1) is 16.6. The molecule has 2 heterocycles. The van der Waals surface area contributed by atoms with Crippen LogP contribution in [0.5, 0.6) is 0 Å². The molecule has 0 spiro atoms. The normalized spacial score (nSPS) is 11.5. The highest BCUT2D eigenvalue weighted by molar-refractivity contribution is 5.95. The van der Waals surface area contributed by atoms with E-state index in [0.717, 1.165) is 58.9 Å². The van der Waals surface area contributed by atoms with Gasteiger partial charge in [0.2, 0.25) is 0 Å². The number of carbonyl (C=O) groups is 1. The first-order valence-electron chi connectivity index (χ1n) is 11.6. The lowest BCUT2D eigenvalue weighted by Gasteiger charge is -2.19. The van der Waals surface area contributed by atoms with Crippen LogP contribution in [0.25, 0.3) is 21.8 Å². The fraction of sp³-hybridized carbons (Fsp3) is 0.321. The smallest absolute Gasteiger partial charge is 0.306 e. The standard InChI is InChI=1S/C27H30N4O3.CH4/c1-19-11-12-23-26(30-34-17-13-25(32)33)22-9-3-4-10-24(22)31(27(23)20(19)2)16-7-14-28-18-21-8-5-6-15-29-21;/h3-6,8-12,15,28H,7,13-14,16-18H2,1-2H3,(H,32,33);1H4/b30-26+;. The molecule has 2 aromatic heterocycles. The van der Waals surface area contributed by atoms with E-state index < -0.39 is 5.97 Å². The minimum atomic E-state index is -0.904. The van der Waals surface area contributed by atoms with Gasteiger partial charge in [0, 0.05) is 30.1 Å². The number of para-hydroxylation sites is 1. The first kappa shape index (κ1) is 25.9. The largest absolute Gasteiger partial charge is 0.481 e. The van der Waals surface area contributed by atoms with Gasteiger partial charge in [-0.3, -0.25) is 9.78 Å². The predicted molar refractivity (Wildman–Crippen MR) is 140 cm³/mol. The summed E-state index contributed by atoms with van der Waals surface area (Å²) in [4.78, 5) is 20.7. The van der Waals surface area contributed by atoms with Gasteiger partial charge < -0.3 is 19.8 Å². The number of hydrogen-bond donors (Lipinski definition) is 2. The van der Waals surface area contributed by atoms with Gasteiger partial charge in [0.1, 0.15) is 12.0 Å². The zero-order valence-electron chi connectivity index (χ0n) is 19.6. The van der Waals surface area contributed by atoms with Gasteiger partial charge >= 0.3 is 5.97 Å². The maximum absolute atomic E-state index is 10.9. The molecule has 0 saturated carbocycles. The van der Waals surface area contributed by atoms with Crippen molar-refractivity contribution in [2.45, 2.75) is 47.2 Å². The van der Waals surface area contributed by atoms with Gasteiger partial charge in [0.05, 0.1) is 23.1 Å². The Labute approximate surface area is 206 Å². The lowest BCUT2D eigenvalue weighted by Crippen LogP contribution is -2.19. The van der Waals surface area contributed by atoms with Crippen molar-refractivity contribution in [2.75, 3.05) is 13.2 Å². The van der Waals surface area contributed by atoms with E-state index in [2.05, 4.69) is 52.1 Å². The SMILES string of the molecule is C.Cc1ccc2/c(=N/OCCC(=O)O)c3ccccc3n(CCCNCc3ccccn3)c2c1C. The number of aryl methyl sites for hydroxylation is 3. The fourth-order valence-electron chi connectivity index (χ4n) is 4.17. The van der Waals surface area contributed by atoms with Gasteiger partial charge in [-0.05, 0) is 56.1 Å². The van der Waals surface area contributed by atoms with Gasteiger partial charge in [0.15, 0.2) is 0 Å². The molecule has 0 fully saturated rings. The molecule has 0 aliphatic carbocycles. The van der Waals surface area contributed by atoms with E-state index in [1.54, 1.807) is 0 Å². The third kappa shape index (κ3) is 6.05. The van der Waals surface area contributed by atoms with Crippen LogP contribution < -0.4 is 10.7 Å². The van der Waals surface area contributed by atoms with Crippen LogP contribution in [0.2, 0.25) is 0 Å². The Morgan fingerprint density at radius 1 is 1.09 bits per heavy atom. The Hall–Kier alpha value is -3.71. The number of aromatic nitrogens is 2. The maximum atomic E-state index is 10.9. The molecule has 35 heavy (non-hydrogen) atoms. The van der Waals surface area contributed by atoms with Crippen molar-refractivity contribution in [2.24, 2.45) is 5.16 Å². The molecule has 184 valence electrons. The molecule has 2 aromatic carbocycles. The lowest BCUT2D eigenvalue weighted by atomic mass is 10.0. The Morgan fingerprint density at radius 3 is 2.66 bits per heavy atom. The Kier molecular flexibility index (Phi) is 8.98. The summed E-state index contributed by atoms with van der Waals surface area (Å²) in [7, 11) is 0. The molecule has 7 nitrogen and oxygen atoms in total. The third-order valence-electron chi connectivity index (χ3n) is 6.01. The van der Waals surface area contributed by atoms with Gasteiger partial charge in [-0.15, -0.1) is 0 Å². The summed E-state index contributed by atoms with van der Waals surface area (Å²) in [6, 6.07) is 18.3. The summed E-state index contributed by atoms with van der Waals surface area (Å²) in [5, 5.41) is 19.5. The Morgan fingerprint density at radius 2 is 1.89 bits per heavy atom. The van der Waals surface area contributed by atoms with Gasteiger partial charge in [-0.2, -0.15) is 0 Å². The molecule has 2 N–H and O–H groups in total. The lowest BCUT2D eigenvalue weighted by molar-refractivity contribution is -0.138. The highest BCUT2D eigenvalue weighted by Gasteiger charge is 2.13. The molecule has 0 aliphatic heterocycles. The summed E-state index contributed by atoms with van der Waals surface area (Å²) >= 11 is 0. The summed E-state index contributed by atoms with van der Waals surface area (Å²) < 4.78 is 2.37. The summed E-state index contributed by atoms with van der Waals surface area (Å²) in [6.45, 7) is 6.75. The molecule has 0 bridgehead atoms. The van der Waals surface area contributed by atoms with E-state index in [1.807, 2.05) is 42.6 Å². The van der Waals surface area contributed by atoms with Crippen LogP contribution in [0, 0.1) is 13.8 Å². The summed E-state index contributed by atoms with van der Waals surface area (Å²) in [6.07, 6.45) is 2.68. The number of pyridine rings is 2. The highest BCUT2D eigenvalue weighted by atomic mass is 16.6. The molecule has 0 amide bonds. The second-order valence-corrected chi connectivity index (χ2v) is 8.34. The molecule has 0 atom stereocenters. The van der Waals surface area contributed by atoms with Crippen LogP contribution in [0.4, 0.5) is 0 Å². The van der Waals surface area contributed by atoms with Crippen molar-refractivity contribution in [3.63, 3.8) is 0 Å². The Bertz CT molecular complexity index is 1360. The van der Waals surface area contributed by atoms with Gasteiger partial charge in [0.25, 0.3) is 0 Å². The molecule has 7 heteroatoms. The zero-order chi connectivity index (χ0) is 23.9. The second kappa shape index (κ2) is 12.1. The monoisotopic (exact) mass is 474 g/mol. The molecule has 0 saturated heterocycles. The topological polar surface area (TPSA) is 88.7 Å². The number of aliphatic carboxylic acids is 1. The van der Waals surface area contributed by atoms with E-state index in [0.29, 0.717) is 0 Å². The van der Waals surface area contributed by atoms with Gasteiger partial charge in [-0.1, -0.05) is 49.0 Å². The minimum Gasteiger partial charge on any atom is -0.481 e. The number of carboxylic acid groups (broad SMARTS) is 1. The van der Waals surface area contributed by atoms with E-state index in [9.17, 15) is 4.79 Å². The summed E-state index contributed by atoms with van der Waals surface area (Å²) in [5.74, 6) is -0.904. The molecule has 4 rings (SSSR count). The minimum absolute atomic E-state index is 0. The van der Waals surface area contributed by atoms with E-state index in [4.69, 9.17) is 9.94 Å². The number of nitrogens with one attached hydrogen (secondary N) is 1. The van der Waals surface area contributed by atoms with Crippen molar-refractivity contribution in [1.29, 1.82) is 0 Å². The van der Waals surface area contributed by atoms with Crippen molar-refractivity contribution in [3.05, 3.63) is 83.0 Å². The van der Waals surface area contributed by atoms with Crippen molar-refractivity contribution < 1.29 is 14.7 Å². The fourth-order valence-corrected chi connectivity index (χ4v) is 4.17. The zero-order valence-corrected chi connectivity index (χ0v) is 19.6. The second-order valence-electron chi connectivity index (χ2n) is 8.34. The Balaban J connectivity index is 0.00000342. The quantitative estimate of drug-likeness (QED) is 0.193. The molecular formula is C28H34N4O3. The van der Waals surface area contributed by atoms with Crippen molar-refractivity contribution in [3.8, 4) is 0 Å². The van der Waals surface area contributed by atoms with Crippen LogP contribution in [0.3, 0.4) is 0 Å². The van der Waals surface area contributed by atoms with Crippen LogP contribution in [-0.2, 0) is 22.7 Å². The average Bonchev–Trinajstić information content (AvgIpc) is 2.85. The van der Waals surface area contributed by atoms with E-state index in [1.165, 1.54) is 11.1 Å². The molecule has 4 aromatic rings. The van der Waals surface area contributed by atoms with Crippen LogP contribution >= 0.6 is 0 Å². The number of benzene rings is 2. The predicted octanol–water partition coefficient (Wildman–Crippen LogP) is 4.93. The van der Waals surface area contributed by atoms with Crippen molar-refractivity contribution >= 4 is 27.8 Å². The third-order valence-corrected chi connectivity index (χ3v) is 6.01. The number of nitrogens with zero attached hydrogens (tertiary/aromatic N) is 3. The number of fused-ring (bicyclic) bond motifs is 2. The maximum Gasteiger partial charge on any atom is 0.306 e. The van der Waals surface area contributed by atoms with Gasteiger partial charge in [-0.25, -0.2) is 0 Å². The molecule has 0 radical (unpaired) electrons. The van der Waals surface area contributed by atoms with E-state index in [-0.39, 0.29) is 20.5 Å². The van der Waals surface area contributed by atoms with Crippen LogP contribution in [0.1, 0.15) is 37.1 Å². The highest BCUT2D eigenvalue weighted by Crippen LogP contribution is 2.25. The number of rotatable bonds is 10. The number of carboxylic acids is 1. The van der Waals surface area contributed by atoms with Crippen LogP contribution in [0.15, 0.2) is 65.9 Å². The van der Waals surface area contributed by atoms with Crippen molar-refractivity contribution in [1.82, 2.24) is 14.9 Å².